The number of Topliss-reactive ketones (excluding diaryl/α,β-unsaturated/α-hetero) is 1. The van der Waals surface area contributed by atoms with Gasteiger partial charge in [0.05, 0.1) is 23.4 Å². The predicted octanol–water partition coefficient (Wildman–Crippen LogP) is 2.98. The molecule has 1 heterocycles. The lowest BCUT2D eigenvalue weighted by atomic mass is 10.1. The van der Waals surface area contributed by atoms with E-state index >= 15 is 0 Å². The van der Waals surface area contributed by atoms with Crippen molar-refractivity contribution in [3.05, 3.63) is 58.4 Å². The normalized spacial score (nSPS) is 15.1. The van der Waals surface area contributed by atoms with Crippen LogP contribution in [0.3, 0.4) is 0 Å². The molecule has 0 radical (unpaired) electrons. The van der Waals surface area contributed by atoms with Gasteiger partial charge in [-0.2, -0.15) is 4.31 Å². The number of ketones is 1. The number of hydrogen-bond acceptors (Lipinski definition) is 6. The topological polar surface area (TPSA) is 84.0 Å². The average Bonchev–Trinajstić information content (AvgIpc) is 2.73. The zero-order valence-corrected chi connectivity index (χ0v) is 18.0. The summed E-state index contributed by atoms with van der Waals surface area (Å²) >= 11 is 6.09. The molecule has 3 rings (SSSR count). The van der Waals surface area contributed by atoms with Crippen molar-refractivity contribution >= 4 is 39.1 Å². The first kappa shape index (κ1) is 22.2. The Bertz CT molecular complexity index is 1100. The fourth-order valence-electron chi connectivity index (χ4n) is 3.24. The number of nitrogens with zero attached hydrogens (tertiary/aromatic N) is 2. The molecule has 0 bridgehead atoms. The van der Waals surface area contributed by atoms with Gasteiger partial charge in [-0.1, -0.05) is 11.6 Å². The van der Waals surface area contributed by atoms with E-state index in [9.17, 15) is 22.4 Å². The number of carbonyl (C=O) groups excluding carboxylic acids is 2. The highest BCUT2D eigenvalue weighted by atomic mass is 35.5. The summed E-state index contributed by atoms with van der Waals surface area (Å²) in [6, 6.07) is 8.16. The number of benzene rings is 2. The lowest BCUT2D eigenvalue weighted by Gasteiger charge is -2.35. The second kappa shape index (κ2) is 8.71. The van der Waals surface area contributed by atoms with Crippen LogP contribution < -0.4 is 4.90 Å². The van der Waals surface area contributed by atoms with Gasteiger partial charge in [-0.05, 0) is 43.3 Å². The number of anilines is 1. The van der Waals surface area contributed by atoms with E-state index in [0.717, 1.165) is 0 Å². The molecule has 0 atom stereocenters. The van der Waals surface area contributed by atoms with Gasteiger partial charge in [0.15, 0.2) is 5.78 Å². The summed E-state index contributed by atoms with van der Waals surface area (Å²) in [7, 11) is -2.76. The summed E-state index contributed by atoms with van der Waals surface area (Å²) in [4.78, 5) is 24.7. The monoisotopic (exact) mass is 454 g/mol. The molecule has 0 aromatic heterocycles. The van der Waals surface area contributed by atoms with Gasteiger partial charge in [0, 0.05) is 31.7 Å². The number of esters is 1. The molecule has 0 amide bonds. The van der Waals surface area contributed by atoms with Crippen molar-refractivity contribution in [2.45, 2.75) is 11.8 Å². The molecule has 0 saturated carbocycles. The van der Waals surface area contributed by atoms with Crippen LogP contribution >= 0.6 is 11.6 Å². The van der Waals surface area contributed by atoms with Crippen LogP contribution in [-0.4, -0.2) is 57.8 Å². The van der Waals surface area contributed by atoms with Crippen molar-refractivity contribution < 1.29 is 27.1 Å². The first-order chi connectivity index (χ1) is 14.1. The fraction of sp³-hybridized carbons (Fsp3) is 0.300. The van der Waals surface area contributed by atoms with Crippen molar-refractivity contribution in [1.82, 2.24) is 4.31 Å². The number of sulfonamides is 1. The minimum atomic E-state index is -3.96. The Kier molecular flexibility index (Phi) is 6.44. The van der Waals surface area contributed by atoms with Crippen LogP contribution in [0, 0.1) is 5.82 Å². The second-order valence-electron chi connectivity index (χ2n) is 6.75. The summed E-state index contributed by atoms with van der Waals surface area (Å²) in [6.07, 6.45) is 0. The molecule has 2 aromatic carbocycles. The molecule has 0 unspecified atom stereocenters. The van der Waals surface area contributed by atoms with Crippen molar-refractivity contribution in [2.24, 2.45) is 0 Å². The van der Waals surface area contributed by atoms with Gasteiger partial charge in [0.25, 0.3) is 0 Å². The molecule has 10 heteroatoms. The summed E-state index contributed by atoms with van der Waals surface area (Å²) in [5, 5.41) is -0.00375. The minimum Gasteiger partial charge on any atom is -0.465 e. The minimum absolute atomic E-state index is 0.00375. The van der Waals surface area contributed by atoms with Gasteiger partial charge in [-0.25, -0.2) is 17.6 Å². The second-order valence-corrected chi connectivity index (χ2v) is 9.06. The Morgan fingerprint density at radius 2 is 1.67 bits per heavy atom. The molecule has 2 aromatic rings. The third-order valence-electron chi connectivity index (χ3n) is 4.90. The largest absolute Gasteiger partial charge is 0.465 e. The number of ether oxygens (including phenoxy) is 1. The summed E-state index contributed by atoms with van der Waals surface area (Å²) < 4.78 is 46.4. The van der Waals surface area contributed by atoms with Crippen LogP contribution in [0.4, 0.5) is 10.1 Å². The summed E-state index contributed by atoms with van der Waals surface area (Å²) in [5.41, 5.74) is 0.659. The molecular weight excluding hydrogens is 435 g/mol. The Balaban J connectivity index is 1.79. The molecule has 1 aliphatic heterocycles. The number of halogens is 2. The molecule has 160 valence electrons. The Morgan fingerprint density at radius 3 is 2.23 bits per heavy atom. The molecule has 7 nitrogen and oxygen atoms in total. The van der Waals surface area contributed by atoms with Crippen LogP contribution in [0.2, 0.25) is 5.02 Å². The van der Waals surface area contributed by atoms with Gasteiger partial charge in [-0.3, -0.25) is 4.79 Å². The fourth-order valence-corrected chi connectivity index (χ4v) is 5.16. The van der Waals surface area contributed by atoms with Crippen LogP contribution in [0.1, 0.15) is 27.6 Å². The van der Waals surface area contributed by atoms with E-state index < -0.39 is 21.8 Å². The van der Waals surface area contributed by atoms with Crippen LogP contribution in [0.15, 0.2) is 41.3 Å². The highest BCUT2D eigenvalue weighted by Gasteiger charge is 2.31. The van der Waals surface area contributed by atoms with E-state index in [1.165, 1.54) is 48.7 Å². The summed E-state index contributed by atoms with van der Waals surface area (Å²) in [6.45, 7) is 2.08. The smallest absolute Gasteiger partial charge is 0.337 e. The van der Waals surface area contributed by atoms with Gasteiger partial charge in [-0.15, -0.1) is 0 Å². The van der Waals surface area contributed by atoms with Gasteiger partial charge in [0.1, 0.15) is 10.7 Å². The van der Waals surface area contributed by atoms with Crippen molar-refractivity contribution in [3.8, 4) is 0 Å². The SMILES string of the molecule is COC(=O)c1ccc(Cl)c(S(=O)(=O)N2CCN(c3ccc(C(C)=O)cc3F)CC2)c1. The number of methoxy groups -OCH3 is 1. The van der Waals surface area contributed by atoms with Crippen molar-refractivity contribution in [1.29, 1.82) is 0 Å². The maximum absolute atomic E-state index is 14.4. The lowest BCUT2D eigenvalue weighted by molar-refractivity contribution is 0.0600. The first-order valence-electron chi connectivity index (χ1n) is 9.08. The lowest BCUT2D eigenvalue weighted by Crippen LogP contribution is -2.49. The van der Waals surface area contributed by atoms with Crippen molar-refractivity contribution in [2.75, 3.05) is 38.2 Å². The van der Waals surface area contributed by atoms with Gasteiger partial charge >= 0.3 is 5.97 Å². The van der Waals surface area contributed by atoms with Crippen molar-refractivity contribution in [3.63, 3.8) is 0 Å². The molecule has 1 saturated heterocycles. The molecule has 1 aliphatic rings. The molecule has 0 spiro atoms. The van der Waals surface area contributed by atoms with Crippen LogP contribution in [0.25, 0.3) is 0 Å². The van der Waals surface area contributed by atoms with Crippen LogP contribution in [0.5, 0.6) is 0 Å². The number of rotatable bonds is 5. The first-order valence-corrected chi connectivity index (χ1v) is 10.9. The molecule has 0 N–H and O–H groups in total. The maximum atomic E-state index is 14.4. The number of piperazine rings is 1. The van der Waals surface area contributed by atoms with Gasteiger partial charge in [0.2, 0.25) is 10.0 Å². The van der Waals surface area contributed by atoms with E-state index in [0.29, 0.717) is 5.69 Å². The third-order valence-corrected chi connectivity index (χ3v) is 7.28. The number of hydrogen-bond donors (Lipinski definition) is 0. The maximum Gasteiger partial charge on any atom is 0.337 e. The van der Waals surface area contributed by atoms with E-state index in [4.69, 9.17) is 11.6 Å². The van der Waals surface area contributed by atoms with E-state index in [1.807, 2.05) is 0 Å². The highest BCUT2D eigenvalue weighted by Crippen LogP contribution is 2.28. The summed E-state index contributed by atoms with van der Waals surface area (Å²) in [5.74, 6) is -1.44. The van der Waals surface area contributed by atoms with Crippen LogP contribution in [-0.2, 0) is 14.8 Å². The average molecular weight is 455 g/mol. The highest BCUT2D eigenvalue weighted by molar-refractivity contribution is 7.89. The Morgan fingerprint density at radius 1 is 1.03 bits per heavy atom. The van der Waals surface area contributed by atoms with E-state index in [1.54, 1.807) is 11.0 Å². The number of carbonyl (C=O) groups is 2. The zero-order chi connectivity index (χ0) is 22.1. The molecule has 30 heavy (non-hydrogen) atoms. The Labute approximate surface area is 179 Å². The zero-order valence-electron chi connectivity index (χ0n) is 16.4. The molecule has 0 aliphatic carbocycles. The van der Waals surface area contributed by atoms with Gasteiger partial charge < -0.3 is 9.64 Å². The standard InChI is InChI=1S/C20H20ClFN2O5S/c1-13(25)14-4-6-18(17(22)11-14)23-7-9-24(10-8-23)30(27,28)19-12-15(20(26)29-2)3-5-16(19)21/h3-6,11-12H,7-10H2,1-2H3. The molecule has 1 fully saturated rings. The molecular formula is C20H20ClFN2O5S. The van der Waals surface area contributed by atoms with E-state index in [2.05, 4.69) is 4.74 Å². The predicted molar refractivity (Wildman–Crippen MR) is 110 cm³/mol. The van der Waals surface area contributed by atoms with E-state index in [-0.39, 0.29) is 53.0 Å². The Hall–Kier alpha value is -2.49. The quantitative estimate of drug-likeness (QED) is 0.510. The third kappa shape index (κ3) is 4.33.